The van der Waals surface area contributed by atoms with E-state index in [9.17, 15) is 9.90 Å². The number of halogens is 1. The maximum atomic E-state index is 12.1. The molecule has 1 heterocycles. The molecule has 19 heavy (non-hydrogen) atoms. The highest BCUT2D eigenvalue weighted by atomic mass is 79.9. The van der Waals surface area contributed by atoms with E-state index in [1.54, 1.807) is 6.20 Å². The van der Waals surface area contributed by atoms with Gasteiger partial charge < -0.3 is 10.4 Å². The van der Waals surface area contributed by atoms with Gasteiger partial charge in [0.05, 0.1) is 24.5 Å². The molecule has 0 fully saturated rings. The lowest BCUT2D eigenvalue weighted by Gasteiger charge is -2.21. The Kier molecular flexibility index (Phi) is 6.00. The Balaban J connectivity index is 2.99. The summed E-state index contributed by atoms with van der Waals surface area (Å²) in [7, 11) is 0. The van der Waals surface area contributed by atoms with Crippen LogP contribution in [0.15, 0.2) is 15.5 Å². The summed E-state index contributed by atoms with van der Waals surface area (Å²) < 4.78 is 1.91. The summed E-state index contributed by atoms with van der Waals surface area (Å²) in [4.78, 5) is 12.1. The minimum atomic E-state index is -0.154. The van der Waals surface area contributed by atoms with Crippen LogP contribution in [-0.4, -0.2) is 27.5 Å². The SMILES string of the molecule is CC(C)Cn1ncc(NC(CO)C(C)C)c(Br)c1=O. The molecule has 0 radical (unpaired) electrons. The monoisotopic (exact) mass is 331 g/mol. The van der Waals surface area contributed by atoms with Gasteiger partial charge in [-0.1, -0.05) is 27.7 Å². The standard InChI is InChI=1S/C13H22BrN3O2/c1-8(2)6-17-13(19)12(14)10(5-15-17)16-11(7-18)9(3)4/h5,8-9,11,16,18H,6-7H2,1-4H3. The van der Waals surface area contributed by atoms with Crippen molar-refractivity contribution in [3.8, 4) is 0 Å². The second kappa shape index (κ2) is 7.05. The van der Waals surface area contributed by atoms with Crippen molar-refractivity contribution >= 4 is 21.6 Å². The largest absolute Gasteiger partial charge is 0.394 e. The fourth-order valence-electron chi connectivity index (χ4n) is 1.66. The maximum Gasteiger partial charge on any atom is 0.283 e. The Labute approximate surface area is 122 Å². The van der Waals surface area contributed by atoms with Crippen LogP contribution >= 0.6 is 15.9 Å². The zero-order valence-electron chi connectivity index (χ0n) is 11.9. The van der Waals surface area contributed by atoms with Crippen LogP contribution < -0.4 is 10.9 Å². The summed E-state index contributed by atoms with van der Waals surface area (Å²) in [5.41, 5.74) is 0.469. The lowest BCUT2D eigenvalue weighted by Crippen LogP contribution is -2.32. The molecular formula is C13H22BrN3O2. The van der Waals surface area contributed by atoms with E-state index in [2.05, 4.69) is 26.3 Å². The van der Waals surface area contributed by atoms with E-state index in [0.717, 1.165) is 0 Å². The van der Waals surface area contributed by atoms with Crippen molar-refractivity contribution in [3.63, 3.8) is 0 Å². The lowest BCUT2D eigenvalue weighted by molar-refractivity contribution is 0.249. The lowest BCUT2D eigenvalue weighted by atomic mass is 10.1. The third-order valence-corrected chi connectivity index (χ3v) is 3.63. The van der Waals surface area contributed by atoms with Gasteiger partial charge in [0.2, 0.25) is 0 Å². The fraction of sp³-hybridized carbons (Fsp3) is 0.692. The van der Waals surface area contributed by atoms with E-state index in [1.165, 1.54) is 4.68 Å². The van der Waals surface area contributed by atoms with Crippen molar-refractivity contribution in [3.05, 3.63) is 21.0 Å². The molecule has 0 saturated heterocycles. The number of hydrogen-bond donors (Lipinski definition) is 2. The van der Waals surface area contributed by atoms with E-state index in [0.29, 0.717) is 22.6 Å². The van der Waals surface area contributed by atoms with Crippen LogP contribution in [0.5, 0.6) is 0 Å². The number of aliphatic hydroxyl groups is 1. The summed E-state index contributed by atoms with van der Waals surface area (Å²) in [5, 5.41) is 16.6. The van der Waals surface area contributed by atoms with Gasteiger partial charge in [0.1, 0.15) is 4.47 Å². The van der Waals surface area contributed by atoms with Crippen molar-refractivity contribution in [1.29, 1.82) is 0 Å². The normalized spacial score (nSPS) is 13.1. The van der Waals surface area contributed by atoms with Crippen molar-refractivity contribution < 1.29 is 5.11 Å². The number of aliphatic hydroxyl groups excluding tert-OH is 1. The molecular weight excluding hydrogens is 310 g/mol. The van der Waals surface area contributed by atoms with Crippen molar-refractivity contribution in [2.24, 2.45) is 11.8 Å². The number of nitrogens with one attached hydrogen (secondary N) is 1. The van der Waals surface area contributed by atoms with Crippen LogP contribution in [0.4, 0.5) is 5.69 Å². The van der Waals surface area contributed by atoms with Gasteiger partial charge in [-0.3, -0.25) is 4.79 Å². The van der Waals surface area contributed by atoms with Crippen molar-refractivity contribution in [2.75, 3.05) is 11.9 Å². The summed E-state index contributed by atoms with van der Waals surface area (Å²) >= 11 is 3.31. The molecule has 1 unspecified atom stereocenters. The molecule has 0 saturated carbocycles. The van der Waals surface area contributed by atoms with E-state index >= 15 is 0 Å². The minimum absolute atomic E-state index is 0.0131. The highest BCUT2D eigenvalue weighted by Gasteiger charge is 2.16. The third kappa shape index (κ3) is 4.31. The van der Waals surface area contributed by atoms with Gasteiger partial charge in [-0.05, 0) is 27.8 Å². The summed E-state index contributed by atoms with van der Waals surface area (Å²) in [5.74, 6) is 0.617. The van der Waals surface area contributed by atoms with Gasteiger partial charge in [-0.25, -0.2) is 4.68 Å². The molecule has 1 aromatic rings. The predicted molar refractivity (Wildman–Crippen MR) is 80.4 cm³/mol. The average Bonchev–Trinajstić information content (AvgIpc) is 2.33. The minimum Gasteiger partial charge on any atom is -0.394 e. The molecule has 0 spiro atoms. The summed E-state index contributed by atoms with van der Waals surface area (Å²) in [6, 6.07) is -0.0987. The van der Waals surface area contributed by atoms with Gasteiger partial charge in [0, 0.05) is 6.54 Å². The Morgan fingerprint density at radius 3 is 2.53 bits per heavy atom. The van der Waals surface area contributed by atoms with Crippen LogP contribution in [0.2, 0.25) is 0 Å². The van der Waals surface area contributed by atoms with E-state index in [-0.39, 0.29) is 24.1 Å². The molecule has 2 N–H and O–H groups in total. The Bertz CT molecular complexity index is 471. The number of anilines is 1. The first-order valence-corrected chi connectivity index (χ1v) is 7.29. The van der Waals surface area contributed by atoms with E-state index in [4.69, 9.17) is 0 Å². The topological polar surface area (TPSA) is 67.2 Å². The number of aromatic nitrogens is 2. The zero-order valence-corrected chi connectivity index (χ0v) is 13.4. The first-order chi connectivity index (χ1) is 8.86. The zero-order chi connectivity index (χ0) is 14.6. The van der Waals surface area contributed by atoms with Crippen LogP contribution in [0, 0.1) is 11.8 Å². The van der Waals surface area contributed by atoms with Gasteiger partial charge in [-0.2, -0.15) is 5.10 Å². The maximum absolute atomic E-state index is 12.1. The highest BCUT2D eigenvalue weighted by molar-refractivity contribution is 9.10. The number of hydrogen-bond acceptors (Lipinski definition) is 4. The first kappa shape index (κ1) is 16.2. The van der Waals surface area contributed by atoms with Crippen LogP contribution in [0.25, 0.3) is 0 Å². The number of nitrogens with zero attached hydrogens (tertiary/aromatic N) is 2. The van der Waals surface area contributed by atoms with Gasteiger partial charge in [0.25, 0.3) is 5.56 Å². The molecule has 1 atom stereocenters. The van der Waals surface area contributed by atoms with Gasteiger partial charge in [-0.15, -0.1) is 0 Å². The molecule has 1 aromatic heterocycles. The van der Waals surface area contributed by atoms with E-state index < -0.39 is 0 Å². The van der Waals surface area contributed by atoms with Crippen molar-refractivity contribution in [1.82, 2.24) is 9.78 Å². The second-order valence-corrected chi connectivity index (χ2v) is 6.22. The fourth-order valence-corrected chi connectivity index (χ4v) is 2.09. The number of rotatable bonds is 6. The highest BCUT2D eigenvalue weighted by Crippen LogP contribution is 2.19. The quantitative estimate of drug-likeness (QED) is 0.837. The molecule has 6 heteroatoms. The van der Waals surface area contributed by atoms with Crippen LogP contribution in [0.1, 0.15) is 27.7 Å². The Hall–Kier alpha value is -0.880. The Morgan fingerprint density at radius 1 is 1.42 bits per heavy atom. The smallest absolute Gasteiger partial charge is 0.283 e. The molecule has 0 aliphatic rings. The van der Waals surface area contributed by atoms with E-state index in [1.807, 2.05) is 27.7 Å². The summed E-state index contributed by atoms with van der Waals surface area (Å²) in [6.07, 6.45) is 1.62. The molecule has 1 rings (SSSR count). The Morgan fingerprint density at radius 2 is 2.05 bits per heavy atom. The summed E-state index contributed by atoms with van der Waals surface area (Å²) in [6.45, 7) is 8.69. The third-order valence-electron chi connectivity index (χ3n) is 2.87. The predicted octanol–water partition coefficient (Wildman–Crippen LogP) is 2.09. The van der Waals surface area contributed by atoms with Crippen molar-refractivity contribution in [2.45, 2.75) is 40.3 Å². The molecule has 0 aliphatic heterocycles. The molecule has 0 bridgehead atoms. The van der Waals surface area contributed by atoms with Crippen LogP contribution in [0.3, 0.4) is 0 Å². The molecule has 0 amide bonds. The second-order valence-electron chi connectivity index (χ2n) is 5.43. The molecule has 108 valence electrons. The molecule has 0 aromatic carbocycles. The first-order valence-electron chi connectivity index (χ1n) is 6.49. The molecule has 0 aliphatic carbocycles. The molecule has 5 nitrogen and oxygen atoms in total. The van der Waals surface area contributed by atoms with Gasteiger partial charge >= 0.3 is 0 Å². The average molecular weight is 332 g/mol. The van der Waals surface area contributed by atoms with Gasteiger partial charge in [0.15, 0.2) is 0 Å². The van der Waals surface area contributed by atoms with Crippen LogP contribution in [-0.2, 0) is 6.54 Å².